The van der Waals surface area contributed by atoms with E-state index in [1.54, 1.807) is 0 Å². The lowest BCUT2D eigenvalue weighted by Crippen LogP contribution is -2.43. The molecule has 0 aliphatic carbocycles. The van der Waals surface area contributed by atoms with Gasteiger partial charge in [-0.3, -0.25) is 9.67 Å². The maximum absolute atomic E-state index is 4.46. The number of likely N-dealkylation sites (N-methyl/N-ethyl adjacent to an activating group) is 1. The quantitative estimate of drug-likeness (QED) is 0.638. The number of aliphatic imine (C=N–C) groups is 1. The van der Waals surface area contributed by atoms with Crippen LogP contribution < -0.4 is 5.32 Å². The van der Waals surface area contributed by atoms with Crippen molar-refractivity contribution in [1.82, 2.24) is 24.9 Å². The zero-order chi connectivity index (χ0) is 16.8. The molecule has 0 amide bonds. The van der Waals surface area contributed by atoms with Gasteiger partial charge in [-0.2, -0.15) is 5.10 Å². The van der Waals surface area contributed by atoms with Gasteiger partial charge in [0.2, 0.25) is 0 Å². The Hall–Kier alpha value is -1.56. The van der Waals surface area contributed by atoms with Gasteiger partial charge < -0.3 is 15.1 Å². The van der Waals surface area contributed by atoms with E-state index in [0.717, 1.165) is 32.1 Å². The molecular formula is C17H32N6. The molecule has 1 aliphatic heterocycles. The zero-order valence-electron chi connectivity index (χ0n) is 15.3. The van der Waals surface area contributed by atoms with Gasteiger partial charge in [0.1, 0.15) is 0 Å². The molecule has 6 nitrogen and oxygen atoms in total. The molecule has 2 unspecified atom stereocenters. The predicted molar refractivity (Wildman–Crippen MR) is 95.9 cm³/mol. The van der Waals surface area contributed by atoms with Crippen molar-refractivity contribution < 1.29 is 0 Å². The summed E-state index contributed by atoms with van der Waals surface area (Å²) in [7, 11) is 6.04. The molecule has 2 atom stereocenters. The maximum atomic E-state index is 4.46. The molecule has 1 N–H and O–H groups in total. The van der Waals surface area contributed by atoms with Crippen LogP contribution in [0.2, 0.25) is 0 Å². The number of rotatable bonds is 6. The molecule has 6 heteroatoms. The van der Waals surface area contributed by atoms with Crippen molar-refractivity contribution in [2.24, 2.45) is 12.0 Å². The lowest BCUT2D eigenvalue weighted by molar-refractivity contribution is 0.255. The third-order valence-corrected chi connectivity index (χ3v) is 4.99. The maximum Gasteiger partial charge on any atom is 0.193 e. The minimum atomic E-state index is 0.560. The Bertz CT molecular complexity index is 509. The van der Waals surface area contributed by atoms with E-state index in [1.807, 2.05) is 25.0 Å². The Morgan fingerprint density at radius 2 is 2.35 bits per heavy atom. The van der Waals surface area contributed by atoms with E-state index >= 15 is 0 Å². The number of nitrogens with one attached hydrogen (secondary N) is 1. The highest BCUT2D eigenvalue weighted by Gasteiger charge is 2.26. The third-order valence-electron chi connectivity index (χ3n) is 4.99. The molecule has 23 heavy (non-hydrogen) atoms. The smallest absolute Gasteiger partial charge is 0.193 e. The van der Waals surface area contributed by atoms with Crippen LogP contribution in [-0.4, -0.2) is 71.9 Å². The van der Waals surface area contributed by atoms with E-state index in [-0.39, 0.29) is 0 Å². The summed E-state index contributed by atoms with van der Waals surface area (Å²) in [5.74, 6) is 1.58. The topological polar surface area (TPSA) is 48.7 Å². The average molecular weight is 320 g/mol. The van der Waals surface area contributed by atoms with Gasteiger partial charge in [0.25, 0.3) is 0 Å². The Morgan fingerprint density at radius 1 is 1.57 bits per heavy atom. The fourth-order valence-corrected chi connectivity index (χ4v) is 3.08. The number of hydrogen-bond donors (Lipinski definition) is 1. The first-order valence-electron chi connectivity index (χ1n) is 8.69. The molecule has 0 radical (unpaired) electrons. The fraction of sp³-hybridized carbons (Fsp3) is 0.765. The van der Waals surface area contributed by atoms with Gasteiger partial charge in [0, 0.05) is 58.4 Å². The van der Waals surface area contributed by atoms with E-state index in [1.165, 1.54) is 18.4 Å². The number of guanidine groups is 1. The molecule has 0 spiro atoms. The van der Waals surface area contributed by atoms with Crippen molar-refractivity contribution in [3.63, 3.8) is 0 Å². The van der Waals surface area contributed by atoms with Crippen LogP contribution in [0.4, 0.5) is 0 Å². The molecule has 1 fully saturated rings. The molecule has 0 saturated carbocycles. The second kappa shape index (κ2) is 8.34. The van der Waals surface area contributed by atoms with Crippen LogP contribution in [0.15, 0.2) is 17.4 Å². The first kappa shape index (κ1) is 17.8. The predicted octanol–water partition coefficient (Wildman–Crippen LogP) is 1.52. The van der Waals surface area contributed by atoms with E-state index in [2.05, 4.69) is 52.3 Å². The Morgan fingerprint density at radius 3 is 2.96 bits per heavy atom. The molecule has 2 rings (SSSR count). The zero-order valence-corrected chi connectivity index (χ0v) is 15.3. The summed E-state index contributed by atoms with van der Waals surface area (Å²) < 4.78 is 1.88. The standard InChI is InChI=1S/C17H32N6/c1-6-14(2)21(4)10-8-19-17(18-3)23-9-7-15(13-23)16-11-20-22(5)12-16/h11-12,14-15H,6-10,13H2,1-5H3,(H,18,19). The molecule has 0 aromatic carbocycles. The normalized spacial score (nSPS) is 20.3. The van der Waals surface area contributed by atoms with Crippen LogP contribution in [0.1, 0.15) is 38.2 Å². The van der Waals surface area contributed by atoms with Gasteiger partial charge in [0.05, 0.1) is 6.20 Å². The van der Waals surface area contributed by atoms with E-state index in [9.17, 15) is 0 Å². The Balaban J connectivity index is 1.81. The number of hydrogen-bond acceptors (Lipinski definition) is 3. The lowest BCUT2D eigenvalue weighted by Gasteiger charge is -2.26. The molecule has 1 aliphatic rings. The number of likely N-dealkylation sites (tertiary alicyclic amines) is 1. The molecule has 1 saturated heterocycles. The first-order chi connectivity index (χ1) is 11.0. The summed E-state index contributed by atoms with van der Waals surface area (Å²) in [6, 6.07) is 0.626. The molecule has 0 bridgehead atoms. The second-order valence-electron chi connectivity index (χ2n) is 6.59. The summed E-state index contributed by atoms with van der Waals surface area (Å²) in [4.78, 5) is 9.21. The summed E-state index contributed by atoms with van der Waals surface area (Å²) in [5, 5.41) is 7.80. The summed E-state index contributed by atoms with van der Waals surface area (Å²) >= 11 is 0. The van der Waals surface area contributed by atoms with Crippen molar-refractivity contribution in [3.05, 3.63) is 18.0 Å². The van der Waals surface area contributed by atoms with Gasteiger partial charge in [-0.25, -0.2) is 0 Å². The van der Waals surface area contributed by atoms with E-state index in [4.69, 9.17) is 0 Å². The highest BCUT2D eigenvalue weighted by Crippen LogP contribution is 2.26. The molecule has 1 aromatic rings. The number of aromatic nitrogens is 2. The largest absolute Gasteiger partial charge is 0.355 e. The van der Waals surface area contributed by atoms with Crippen molar-refractivity contribution >= 4 is 5.96 Å². The summed E-state index contributed by atoms with van der Waals surface area (Å²) in [5.41, 5.74) is 1.34. The monoisotopic (exact) mass is 320 g/mol. The Labute approximate surface area is 140 Å². The van der Waals surface area contributed by atoms with Gasteiger partial charge in [-0.05, 0) is 32.4 Å². The van der Waals surface area contributed by atoms with Crippen molar-refractivity contribution in [1.29, 1.82) is 0 Å². The molecule has 1 aromatic heterocycles. The molecular weight excluding hydrogens is 288 g/mol. The van der Waals surface area contributed by atoms with Gasteiger partial charge in [0.15, 0.2) is 5.96 Å². The average Bonchev–Trinajstić information content (AvgIpc) is 3.19. The van der Waals surface area contributed by atoms with E-state index in [0.29, 0.717) is 12.0 Å². The van der Waals surface area contributed by atoms with Crippen LogP contribution in [0.25, 0.3) is 0 Å². The van der Waals surface area contributed by atoms with Crippen molar-refractivity contribution in [2.45, 2.75) is 38.6 Å². The lowest BCUT2D eigenvalue weighted by atomic mass is 10.0. The number of aryl methyl sites for hydroxylation is 1. The minimum absolute atomic E-state index is 0.560. The first-order valence-corrected chi connectivity index (χ1v) is 8.69. The van der Waals surface area contributed by atoms with Crippen molar-refractivity contribution in [2.75, 3.05) is 40.3 Å². The van der Waals surface area contributed by atoms with Crippen LogP contribution >= 0.6 is 0 Å². The van der Waals surface area contributed by atoms with Crippen LogP contribution in [0.5, 0.6) is 0 Å². The summed E-state index contributed by atoms with van der Waals surface area (Å²) in [6.07, 6.45) is 6.47. The minimum Gasteiger partial charge on any atom is -0.355 e. The van der Waals surface area contributed by atoms with Gasteiger partial charge in [-0.1, -0.05) is 6.92 Å². The molecule has 130 valence electrons. The van der Waals surface area contributed by atoms with Crippen LogP contribution in [-0.2, 0) is 7.05 Å². The Kier molecular flexibility index (Phi) is 6.45. The van der Waals surface area contributed by atoms with Gasteiger partial charge in [-0.15, -0.1) is 0 Å². The van der Waals surface area contributed by atoms with Crippen LogP contribution in [0.3, 0.4) is 0 Å². The fourth-order valence-electron chi connectivity index (χ4n) is 3.08. The van der Waals surface area contributed by atoms with Gasteiger partial charge >= 0.3 is 0 Å². The second-order valence-corrected chi connectivity index (χ2v) is 6.59. The highest BCUT2D eigenvalue weighted by atomic mass is 15.3. The number of nitrogens with zero attached hydrogens (tertiary/aromatic N) is 5. The third kappa shape index (κ3) is 4.70. The SMILES string of the molecule is CCC(C)N(C)CCNC(=NC)N1CCC(c2cnn(C)c2)C1. The van der Waals surface area contributed by atoms with Crippen molar-refractivity contribution in [3.8, 4) is 0 Å². The molecule has 2 heterocycles. The van der Waals surface area contributed by atoms with E-state index < -0.39 is 0 Å². The highest BCUT2D eigenvalue weighted by molar-refractivity contribution is 5.80. The summed E-state index contributed by atoms with van der Waals surface area (Å²) in [6.45, 7) is 8.55. The van der Waals surface area contributed by atoms with Crippen LogP contribution in [0, 0.1) is 0 Å².